The number of nitrogens with zero attached hydrogens (tertiary/aromatic N) is 1. The number of rotatable bonds is 7. The van der Waals surface area contributed by atoms with Crippen molar-refractivity contribution in [1.29, 1.82) is 0 Å². The van der Waals surface area contributed by atoms with Gasteiger partial charge in [0, 0.05) is 24.2 Å². The van der Waals surface area contributed by atoms with Crippen LogP contribution in [0.1, 0.15) is 38.3 Å². The summed E-state index contributed by atoms with van der Waals surface area (Å²) in [5.74, 6) is -1.95. The highest BCUT2D eigenvalue weighted by Gasteiger charge is 2.36. The fourth-order valence-electron chi connectivity index (χ4n) is 3.99. The Hall–Kier alpha value is -4.26. The van der Waals surface area contributed by atoms with Crippen LogP contribution in [0.5, 0.6) is 5.75 Å². The zero-order valence-corrected chi connectivity index (χ0v) is 19.5. The van der Waals surface area contributed by atoms with Crippen LogP contribution in [0, 0.1) is 19.8 Å². The number of ketones is 1. The number of benzene rings is 3. The first-order valence-electron chi connectivity index (χ1n) is 11.3. The molecule has 0 bridgehead atoms. The van der Waals surface area contributed by atoms with Gasteiger partial charge in [-0.05, 0) is 61.9 Å². The molecule has 3 aromatic carbocycles. The van der Waals surface area contributed by atoms with Gasteiger partial charge in [-0.25, -0.2) is 4.79 Å². The van der Waals surface area contributed by atoms with E-state index in [-0.39, 0.29) is 18.9 Å². The summed E-state index contributed by atoms with van der Waals surface area (Å²) < 4.78 is 10.5. The van der Waals surface area contributed by atoms with Crippen LogP contribution in [0.2, 0.25) is 0 Å². The van der Waals surface area contributed by atoms with Gasteiger partial charge in [0.25, 0.3) is 0 Å². The molecule has 1 atom stereocenters. The number of hydrogen-bond acceptors (Lipinski definition) is 6. The zero-order valence-electron chi connectivity index (χ0n) is 19.5. The second-order valence-electron chi connectivity index (χ2n) is 8.51. The van der Waals surface area contributed by atoms with Crippen molar-refractivity contribution in [2.45, 2.75) is 20.3 Å². The summed E-state index contributed by atoms with van der Waals surface area (Å²) in [7, 11) is 0. The van der Waals surface area contributed by atoms with Gasteiger partial charge < -0.3 is 14.4 Å². The normalized spacial score (nSPS) is 15.1. The van der Waals surface area contributed by atoms with Crippen LogP contribution < -0.4 is 9.64 Å². The number of carbonyl (C=O) groups is 4. The highest BCUT2D eigenvalue weighted by molar-refractivity contribution is 6.01. The molecule has 4 rings (SSSR count). The lowest BCUT2D eigenvalue weighted by molar-refractivity contribution is -0.147. The molecule has 0 N–H and O–H groups in total. The maximum absolute atomic E-state index is 12.5. The van der Waals surface area contributed by atoms with E-state index in [1.54, 1.807) is 35.2 Å². The lowest BCUT2D eigenvalue weighted by Gasteiger charge is -2.19. The largest absolute Gasteiger partial charge is 0.457 e. The standard InChI is InChI=1S/C28H25NO6/c1-18-8-13-24(19(2)14-18)29-16-22(15-26(29)31)27(32)34-17-25(30)20-9-11-23(12-10-20)35-28(33)21-6-4-3-5-7-21/h3-14,22H,15-17H2,1-2H3/t22-/m1/s1. The maximum Gasteiger partial charge on any atom is 0.343 e. The minimum Gasteiger partial charge on any atom is -0.457 e. The average molecular weight is 472 g/mol. The molecule has 1 amide bonds. The van der Waals surface area contributed by atoms with E-state index in [0.717, 1.165) is 16.8 Å². The summed E-state index contributed by atoms with van der Waals surface area (Å²) in [4.78, 5) is 51.3. The topological polar surface area (TPSA) is 90.0 Å². The number of esters is 2. The van der Waals surface area contributed by atoms with Gasteiger partial charge >= 0.3 is 11.9 Å². The van der Waals surface area contributed by atoms with E-state index in [1.807, 2.05) is 32.0 Å². The number of ether oxygens (including phenoxy) is 2. The number of hydrogen-bond donors (Lipinski definition) is 0. The van der Waals surface area contributed by atoms with E-state index in [0.29, 0.717) is 16.9 Å². The molecule has 178 valence electrons. The molecule has 0 aliphatic carbocycles. The van der Waals surface area contributed by atoms with Crippen molar-refractivity contribution in [3.05, 3.63) is 95.1 Å². The molecule has 3 aromatic rings. The minimum absolute atomic E-state index is 0.0435. The Bertz CT molecular complexity index is 1270. The molecule has 0 unspecified atom stereocenters. The van der Waals surface area contributed by atoms with Crippen LogP contribution in [0.3, 0.4) is 0 Å². The molecule has 1 aliphatic heterocycles. The molecule has 7 nitrogen and oxygen atoms in total. The van der Waals surface area contributed by atoms with Gasteiger partial charge in [0.15, 0.2) is 12.4 Å². The van der Waals surface area contributed by atoms with Crippen LogP contribution in [-0.2, 0) is 14.3 Å². The highest BCUT2D eigenvalue weighted by atomic mass is 16.5. The molecule has 0 spiro atoms. The number of aryl methyl sites for hydroxylation is 2. The smallest absolute Gasteiger partial charge is 0.343 e. The van der Waals surface area contributed by atoms with Gasteiger partial charge in [0.05, 0.1) is 11.5 Å². The molecule has 1 saturated heterocycles. The quantitative estimate of drug-likeness (QED) is 0.290. The van der Waals surface area contributed by atoms with Gasteiger partial charge in [-0.2, -0.15) is 0 Å². The third kappa shape index (κ3) is 5.63. The van der Waals surface area contributed by atoms with Gasteiger partial charge in [0.1, 0.15) is 5.75 Å². The van der Waals surface area contributed by atoms with Gasteiger partial charge in [-0.1, -0.05) is 35.9 Å². The van der Waals surface area contributed by atoms with Crippen molar-refractivity contribution in [1.82, 2.24) is 0 Å². The number of anilines is 1. The minimum atomic E-state index is -0.629. The van der Waals surface area contributed by atoms with Crippen molar-refractivity contribution in [2.24, 2.45) is 5.92 Å². The van der Waals surface area contributed by atoms with E-state index in [2.05, 4.69) is 0 Å². The van der Waals surface area contributed by atoms with Crippen molar-refractivity contribution < 1.29 is 28.7 Å². The third-order valence-electron chi connectivity index (χ3n) is 5.84. The summed E-state index contributed by atoms with van der Waals surface area (Å²) in [6.07, 6.45) is 0.0435. The molecule has 0 radical (unpaired) electrons. The van der Waals surface area contributed by atoms with Crippen molar-refractivity contribution in [3.8, 4) is 5.75 Å². The lowest BCUT2D eigenvalue weighted by Crippen LogP contribution is -2.27. The number of Topliss-reactive ketones (excluding diaryl/α,β-unsaturated/α-hetero) is 1. The number of carbonyl (C=O) groups excluding carboxylic acids is 4. The van der Waals surface area contributed by atoms with Crippen LogP contribution >= 0.6 is 0 Å². The lowest BCUT2D eigenvalue weighted by atomic mass is 10.1. The van der Waals surface area contributed by atoms with Gasteiger partial charge in [-0.3, -0.25) is 14.4 Å². The fraction of sp³-hybridized carbons (Fsp3) is 0.214. The first-order chi connectivity index (χ1) is 16.8. The predicted octanol–water partition coefficient (Wildman–Crippen LogP) is 4.30. The first kappa shape index (κ1) is 23.9. The summed E-state index contributed by atoms with van der Waals surface area (Å²) in [5, 5.41) is 0. The van der Waals surface area contributed by atoms with E-state index >= 15 is 0 Å². The molecular weight excluding hydrogens is 446 g/mol. The third-order valence-corrected chi connectivity index (χ3v) is 5.84. The Morgan fingerprint density at radius 2 is 1.63 bits per heavy atom. The van der Waals surface area contributed by atoms with E-state index in [9.17, 15) is 19.2 Å². The Balaban J connectivity index is 1.30. The molecule has 1 fully saturated rings. The Morgan fingerprint density at radius 1 is 0.914 bits per heavy atom. The average Bonchev–Trinajstić information content (AvgIpc) is 3.24. The summed E-state index contributed by atoms with van der Waals surface area (Å²) in [6.45, 7) is 3.69. The predicted molar refractivity (Wildman–Crippen MR) is 130 cm³/mol. The van der Waals surface area contributed by atoms with Gasteiger partial charge in [-0.15, -0.1) is 0 Å². The zero-order chi connectivity index (χ0) is 24.9. The van der Waals surface area contributed by atoms with Crippen molar-refractivity contribution in [3.63, 3.8) is 0 Å². The molecule has 35 heavy (non-hydrogen) atoms. The van der Waals surface area contributed by atoms with Crippen molar-refractivity contribution >= 4 is 29.3 Å². The molecule has 7 heteroatoms. The second kappa shape index (κ2) is 10.3. The summed E-state index contributed by atoms with van der Waals surface area (Å²) in [5.41, 5.74) is 3.56. The second-order valence-corrected chi connectivity index (χ2v) is 8.51. The van der Waals surface area contributed by atoms with E-state index in [4.69, 9.17) is 9.47 Å². The monoisotopic (exact) mass is 471 g/mol. The Labute approximate surface area is 203 Å². The Kier molecular flexibility index (Phi) is 7.06. The highest BCUT2D eigenvalue weighted by Crippen LogP contribution is 2.29. The summed E-state index contributed by atoms with van der Waals surface area (Å²) >= 11 is 0. The van der Waals surface area contributed by atoms with Gasteiger partial charge in [0.2, 0.25) is 5.91 Å². The van der Waals surface area contributed by atoms with Crippen LogP contribution in [-0.4, -0.2) is 36.8 Å². The molecule has 1 aliphatic rings. The molecule has 1 heterocycles. The molecular formula is C28H25NO6. The van der Waals surface area contributed by atoms with Crippen molar-refractivity contribution in [2.75, 3.05) is 18.1 Å². The first-order valence-corrected chi connectivity index (χ1v) is 11.3. The SMILES string of the molecule is Cc1ccc(N2C[C@H](C(=O)OCC(=O)c3ccc(OC(=O)c4ccccc4)cc3)CC2=O)c(C)c1. The molecule has 0 saturated carbocycles. The maximum atomic E-state index is 12.5. The van der Waals surface area contributed by atoms with Crippen LogP contribution in [0.25, 0.3) is 0 Å². The van der Waals surface area contributed by atoms with Crippen LogP contribution in [0.4, 0.5) is 5.69 Å². The van der Waals surface area contributed by atoms with E-state index in [1.165, 1.54) is 24.3 Å². The van der Waals surface area contributed by atoms with E-state index < -0.39 is 30.2 Å². The number of amides is 1. The Morgan fingerprint density at radius 3 is 2.31 bits per heavy atom. The van der Waals surface area contributed by atoms with Crippen LogP contribution in [0.15, 0.2) is 72.8 Å². The fourth-order valence-corrected chi connectivity index (χ4v) is 3.99. The molecule has 0 aromatic heterocycles. The summed E-state index contributed by atoms with van der Waals surface area (Å²) in [6, 6.07) is 20.4.